The van der Waals surface area contributed by atoms with E-state index in [0.717, 1.165) is 0 Å². The van der Waals surface area contributed by atoms with Crippen molar-refractivity contribution in [2.24, 2.45) is 35.5 Å². The molecule has 3 saturated heterocycles. The maximum absolute atomic E-state index is 12.8. The van der Waals surface area contributed by atoms with Crippen molar-refractivity contribution in [3.05, 3.63) is 24.3 Å². The molecule has 0 spiro atoms. The van der Waals surface area contributed by atoms with Gasteiger partial charge in [-0.15, -0.1) is 0 Å². The third-order valence-corrected chi connectivity index (χ3v) is 11.1. The van der Waals surface area contributed by atoms with Gasteiger partial charge in [0, 0.05) is 31.1 Å². The fraction of sp³-hybridized carbons (Fsp3) is 0.816. The molecule has 0 unspecified atom stereocenters. The fourth-order valence-corrected chi connectivity index (χ4v) is 7.39. The number of aliphatic hydroxyl groups excluding tert-OH is 7. The van der Waals surface area contributed by atoms with Crippen LogP contribution in [0.4, 0.5) is 0 Å². The molecule has 3 rings (SSSR count). The molecule has 0 aromatic heterocycles. The Hall–Kier alpha value is -1.95. The van der Waals surface area contributed by atoms with Crippen LogP contribution in [0.15, 0.2) is 24.3 Å². The first-order chi connectivity index (χ1) is 24.3. The number of Topliss-reactive ketones (excluding diaryl/α,β-unsaturated/α-hetero) is 3. The lowest BCUT2D eigenvalue weighted by Gasteiger charge is -2.39. The van der Waals surface area contributed by atoms with Gasteiger partial charge in [-0.1, -0.05) is 52.0 Å². The molecule has 3 fully saturated rings. The van der Waals surface area contributed by atoms with Crippen LogP contribution in [0.5, 0.6) is 0 Å². The Balaban J connectivity index is 0.000000360. The molecule has 14 heteroatoms. The molecule has 0 radical (unpaired) electrons. The maximum Gasteiger partial charge on any atom is 0.167 e. The number of ether oxygens (including phenoxy) is 3. The van der Waals surface area contributed by atoms with Gasteiger partial charge in [-0.3, -0.25) is 14.4 Å². The molecule has 8 N–H and O–H groups in total. The zero-order valence-electron chi connectivity index (χ0n) is 31.9. The summed E-state index contributed by atoms with van der Waals surface area (Å²) in [5.74, 6) is -7.18. The van der Waals surface area contributed by atoms with E-state index in [4.69, 9.17) is 14.2 Å². The van der Waals surface area contributed by atoms with Gasteiger partial charge in [0.1, 0.15) is 28.6 Å². The van der Waals surface area contributed by atoms with Gasteiger partial charge in [0.15, 0.2) is 5.79 Å². The van der Waals surface area contributed by atoms with Gasteiger partial charge in [-0.2, -0.15) is 0 Å². The molecule has 3 heterocycles. The van der Waals surface area contributed by atoms with Gasteiger partial charge < -0.3 is 55.1 Å². The molecule has 14 nitrogen and oxygen atoms in total. The number of aliphatic hydroxyl groups is 8. The van der Waals surface area contributed by atoms with Crippen LogP contribution in [0.25, 0.3) is 0 Å². The molecule has 52 heavy (non-hydrogen) atoms. The first-order valence-corrected chi connectivity index (χ1v) is 18.4. The summed E-state index contributed by atoms with van der Waals surface area (Å²) < 4.78 is 16.7. The van der Waals surface area contributed by atoms with Crippen LogP contribution in [0.2, 0.25) is 0 Å². The lowest BCUT2D eigenvalue weighted by molar-refractivity contribution is -0.258. The van der Waals surface area contributed by atoms with E-state index in [1.54, 1.807) is 27.7 Å². The molecule has 0 aromatic rings. The number of carbonyl (C=O) groups is 3. The number of carbonyl (C=O) groups excluding carboxylic acids is 3. The highest BCUT2D eigenvalue weighted by Crippen LogP contribution is 2.48. The van der Waals surface area contributed by atoms with Crippen molar-refractivity contribution >= 4 is 17.3 Å². The Kier molecular flexibility index (Phi) is 17.4. The predicted molar refractivity (Wildman–Crippen MR) is 189 cm³/mol. The first kappa shape index (κ1) is 46.2. The van der Waals surface area contributed by atoms with Crippen LogP contribution < -0.4 is 0 Å². The summed E-state index contributed by atoms with van der Waals surface area (Å²) in [7, 11) is 0. The number of allylic oxidation sites excluding steroid dienone is 2. The Bertz CT molecular complexity index is 1240. The van der Waals surface area contributed by atoms with E-state index in [-0.39, 0.29) is 55.7 Å². The zero-order chi connectivity index (χ0) is 39.8. The highest BCUT2D eigenvalue weighted by Gasteiger charge is 2.63. The van der Waals surface area contributed by atoms with Gasteiger partial charge in [0.05, 0.1) is 86.7 Å². The summed E-state index contributed by atoms with van der Waals surface area (Å²) in [5.41, 5.74) is -1.92. The number of epoxide rings is 2. The largest absolute Gasteiger partial charge is 0.396 e. The molecule has 0 aliphatic carbocycles. The third kappa shape index (κ3) is 10.6. The van der Waals surface area contributed by atoms with Crippen molar-refractivity contribution in [3.8, 4) is 0 Å². The van der Waals surface area contributed by atoms with Crippen molar-refractivity contribution in [2.45, 2.75) is 135 Å². The summed E-state index contributed by atoms with van der Waals surface area (Å²) in [6.45, 7) is 12.4. The van der Waals surface area contributed by atoms with Gasteiger partial charge in [0.25, 0.3) is 0 Å². The Morgan fingerprint density at radius 1 is 0.808 bits per heavy atom. The van der Waals surface area contributed by atoms with Crippen molar-refractivity contribution in [3.63, 3.8) is 0 Å². The summed E-state index contributed by atoms with van der Waals surface area (Å²) in [4.78, 5) is 37.1. The third-order valence-electron chi connectivity index (χ3n) is 11.1. The van der Waals surface area contributed by atoms with Crippen LogP contribution in [0.3, 0.4) is 0 Å². The minimum absolute atomic E-state index is 0.0236. The van der Waals surface area contributed by atoms with E-state index in [1.807, 2.05) is 52.0 Å². The SMILES string of the molecule is C/C=C\[C@H](C)[C@H]1O[C@]1(C)[C@@H](O)[C@H](CO)C(=O)[C@@H](CO)[C@@H](O)CC(=O)CC.C/C=C\[C@H](C)[C@H]1O[C@]1(C)[C@@H](O)[C@H](CO)C(=O)[C@H]1CO[C@@](O)(CC)C[C@@H]1O. The van der Waals surface area contributed by atoms with E-state index in [2.05, 4.69) is 0 Å². The Morgan fingerprint density at radius 2 is 1.27 bits per heavy atom. The number of rotatable bonds is 20. The van der Waals surface area contributed by atoms with Gasteiger partial charge in [-0.05, 0) is 34.1 Å². The Morgan fingerprint density at radius 3 is 1.65 bits per heavy atom. The van der Waals surface area contributed by atoms with Crippen LogP contribution in [-0.4, -0.2) is 138 Å². The molecule has 0 amide bonds. The van der Waals surface area contributed by atoms with E-state index < -0.39 is 96.5 Å². The summed E-state index contributed by atoms with van der Waals surface area (Å²) in [6.07, 6.45) is 2.37. The monoisotopic (exact) mass is 744 g/mol. The van der Waals surface area contributed by atoms with E-state index in [0.29, 0.717) is 6.42 Å². The van der Waals surface area contributed by atoms with Crippen molar-refractivity contribution in [1.29, 1.82) is 0 Å². The van der Waals surface area contributed by atoms with Crippen LogP contribution in [0, 0.1) is 35.5 Å². The molecule has 15 atom stereocenters. The quantitative estimate of drug-likeness (QED) is 0.0630. The van der Waals surface area contributed by atoms with E-state index in [1.165, 1.54) is 0 Å². The fourth-order valence-electron chi connectivity index (χ4n) is 7.39. The molecule has 0 aromatic carbocycles. The topological polar surface area (TPSA) is 247 Å². The smallest absolute Gasteiger partial charge is 0.167 e. The molecule has 0 saturated carbocycles. The Labute approximate surface area is 307 Å². The van der Waals surface area contributed by atoms with Gasteiger partial charge in [0.2, 0.25) is 0 Å². The van der Waals surface area contributed by atoms with Crippen LogP contribution >= 0.6 is 0 Å². The first-order valence-electron chi connectivity index (χ1n) is 18.4. The number of ketones is 3. The molecule has 3 aliphatic rings. The normalized spacial score (nSPS) is 34.7. The minimum atomic E-state index is -1.44. The second kappa shape index (κ2) is 19.6. The van der Waals surface area contributed by atoms with Gasteiger partial charge in [-0.25, -0.2) is 0 Å². The molecule has 300 valence electrons. The predicted octanol–water partition coefficient (Wildman–Crippen LogP) is 0.624. The second-order valence-corrected chi connectivity index (χ2v) is 14.9. The summed E-state index contributed by atoms with van der Waals surface area (Å²) >= 11 is 0. The number of hydrogen-bond acceptors (Lipinski definition) is 14. The lowest BCUT2D eigenvalue weighted by atomic mass is 9.78. The standard InChI is InChI=1S/2C19H32O7/c1-5-7-11(3)17-18(4,26-17)16(23)12(9-20)15(22)13-10-25-19(24,6-2)8-14(13)21;1-5-7-11(3)18-19(4,26-18)17(25)14(10-21)16(24)13(9-20)15(23)8-12(22)6-2/h5,7,11-14,16-17,20-21,23-24H,6,8-10H2,1-4H3;5,7,11,13-15,17-18,20-21,23,25H,6,8-10H2,1-4H3/b2*7-5-/t11-,12+,13-,14-,16-,17+,18+,19-;11-,13-,14+,15-,17-,18+,19+/m00/s1. The molecule has 0 bridgehead atoms. The average molecular weight is 745 g/mol. The van der Waals surface area contributed by atoms with Crippen LogP contribution in [-0.2, 0) is 28.6 Å². The van der Waals surface area contributed by atoms with Crippen molar-refractivity contribution in [1.82, 2.24) is 0 Å². The van der Waals surface area contributed by atoms with Crippen LogP contribution in [0.1, 0.15) is 81.1 Å². The minimum Gasteiger partial charge on any atom is -0.396 e. The molecular formula is C38H64O14. The zero-order valence-corrected chi connectivity index (χ0v) is 31.9. The number of hydrogen-bond donors (Lipinski definition) is 8. The summed E-state index contributed by atoms with van der Waals surface area (Å²) in [5, 5.41) is 80.8. The summed E-state index contributed by atoms with van der Waals surface area (Å²) in [6, 6.07) is 0. The van der Waals surface area contributed by atoms with E-state index in [9.17, 15) is 55.2 Å². The second-order valence-electron chi connectivity index (χ2n) is 14.9. The molecule has 3 aliphatic heterocycles. The van der Waals surface area contributed by atoms with Crippen molar-refractivity contribution < 1.29 is 69.4 Å². The lowest BCUT2D eigenvalue weighted by Crippen LogP contribution is -2.53. The van der Waals surface area contributed by atoms with Crippen molar-refractivity contribution in [2.75, 3.05) is 26.4 Å². The van der Waals surface area contributed by atoms with E-state index >= 15 is 0 Å². The average Bonchev–Trinajstić information content (AvgIpc) is 4.00. The molecular weight excluding hydrogens is 680 g/mol. The highest BCUT2D eigenvalue weighted by atomic mass is 16.6. The maximum atomic E-state index is 12.8. The van der Waals surface area contributed by atoms with Gasteiger partial charge >= 0.3 is 0 Å². The highest BCUT2D eigenvalue weighted by molar-refractivity contribution is 5.86.